The van der Waals surface area contributed by atoms with Crippen molar-refractivity contribution in [2.45, 2.75) is 37.8 Å². The van der Waals surface area contributed by atoms with Crippen molar-refractivity contribution < 1.29 is 60.0 Å². The van der Waals surface area contributed by atoms with Gasteiger partial charge in [0.05, 0.1) is 38.3 Å². The molecular formula is C23H28F6N4O7. The van der Waals surface area contributed by atoms with E-state index in [1.54, 1.807) is 6.26 Å². The Kier molecular flexibility index (Phi) is 11.7. The van der Waals surface area contributed by atoms with Crippen LogP contribution >= 0.6 is 0 Å². The number of rotatable bonds is 5. The van der Waals surface area contributed by atoms with Gasteiger partial charge in [-0.1, -0.05) is 0 Å². The second-order valence-electron chi connectivity index (χ2n) is 8.95. The summed E-state index contributed by atoms with van der Waals surface area (Å²) in [6.07, 6.45) is -7.46. The van der Waals surface area contributed by atoms with Crippen LogP contribution < -0.4 is 5.32 Å². The van der Waals surface area contributed by atoms with E-state index >= 15 is 0 Å². The maximum Gasteiger partial charge on any atom is 0.490 e. The number of furan rings is 1. The number of carboxylic acid groups (broad SMARTS) is 2. The lowest BCUT2D eigenvalue weighted by atomic mass is 9.94. The molecule has 4 rings (SSSR count). The van der Waals surface area contributed by atoms with Crippen molar-refractivity contribution in [1.29, 1.82) is 0 Å². The minimum Gasteiger partial charge on any atom is -0.475 e. The molecule has 2 fully saturated rings. The molecule has 2 atom stereocenters. The minimum absolute atomic E-state index is 0.228. The molecule has 0 saturated carbocycles. The molecule has 2 unspecified atom stereocenters. The average molecular weight is 586 g/mol. The highest BCUT2D eigenvalue weighted by atomic mass is 19.4. The smallest absolute Gasteiger partial charge is 0.475 e. The van der Waals surface area contributed by atoms with E-state index in [1.165, 1.54) is 0 Å². The number of hydrogen-bond acceptors (Lipinski definition) is 9. The van der Waals surface area contributed by atoms with E-state index in [1.807, 2.05) is 31.2 Å². The summed E-state index contributed by atoms with van der Waals surface area (Å²) in [5.74, 6) is -3.28. The zero-order chi connectivity index (χ0) is 30.0. The number of anilines is 1. The molecule has 2 aromatic heterocycles. The Morgan fingerprint density at radius 1 is 1.10 bits per heavy atom. The molecule has 224 valence electrons. The number of carbonyl (C=O) groups is 2. The number of halogens is 6. The van der Waals surface area contributed by atoms with Crippen LogP contribution in [0, 0.1) is 12.8 Å². The number of aliphatic carboxylic acids is 2. The molecule has 0 amide bonds. The Morgan fingerprint density at radius 2 is 1.75 bits per heavy atom. The summed E-state index contributed by atoms with van der Waals surface area (Å²) in [4.78, 5) is 20.2. The summed E-state index contributed by atoms with van der Waals surface area (Å²) in [7, 11) is 0. The van der Waals surface area contributed by atoms with Crippen LogP contribution in [0.15, 0.2) is 34.9 Å². The quantitative estimate of drug-likeness (QED) is 0.443. The number of carboxylic acids is 2. The van der Waals surface area contributed by atoms with Gasteiger partial charge in [0.2, 0.25) is 0 Å². The summed E-state index contributed by atoms with van der Waals surface area (Å²) in [5, 5.41) is 25.9. The number of hydrogen-bond donors (Lipinski definition) is 3. The molecule has 2 saturated heterocycles. The third-order valence-electron chi connectivity index (χ3n) is 5.53. The molecule has 0 aliphatic carbocycles. The summed E-state index contributed by atoms with van der Waals surface area (Å²) in [5.41, 5.74) is 0.694. The maximum absolute atomic E-state index is 10.6. The second-order valence-corrected chi connectivity index (χ2v) is 8.95. The van der Waals surface area contributed by atoms with Gasteiger partial charge in [-0.2, -0.15) is 31.4 Å². The molecule has 2 aromatic rings. The Labute approximate surface area is 224 Å². The van der Waals surface area contributed by atoms with Gasteiger partial charge < -0.3 is 29.4 Å². The number of aromatic nitrogens is 2. The van der Waals surface area contributed by atoms with Gasteiger partial charge in [0, 0.05) is 25.6 Å². The van der Waals surface area contributed by atoms with Crippen LogP contribution in [0.1, 0.15) is 17.9 Å². The van der Waals surface area contributed by atoms with E-state index in [4.69, 9.17) is 33.7 Å². The SMILES string of the molecule is Cc1ccc(NCC2COC3(COCCN(Cc4ccco4)C3)C2)nn1.O=C(O)C(F)(F)F.O=C(O)C(F)(F)F. The van der Waals surface area contributed by atoms with Gasteiger partial charge in [0.15, 0.2) is 0 Å². The molecule has 1 spiro atoms. The normalized spacial score (nSPS) is 21.4. The fourth-order valence-corrected chi connectivity index (χ4v) is 3.76. The zero-order valence-corrected chi connectivity index (χ0v) is 21.2. The molecule has 40 heavy (non-hydrogen) atoms. The van der Waals surface area contributed by atoms with Gasteiger partial charge in [-0.05, 0) is 37.6 Å². The molecular weight excluding hydrogens is 558 g/mol. The molecule has 0 radical (unpaired) electrons. The third-order valence-corrected chi connectivity index (χ3v) is 5.53. The highest BCUT2D eigenvalue weighted by Gasteiger charge is 2.43. The summed E-state index contributed by atoms with van der Waals surface area (Å²) in [6.45, 7) is 7.45. The minimum atomic E-state index is -5.08. The summed E-state index contributed by atoms with van der Waals surface area (Å²) < 4.78 is 81.1. The van der Waals surface area contributed by atoms with Crippen LogP contribution in [0.25, 0.3) is 0 Å². The first-order valence-corrected chi connectivity index (χ1v) is 11.7. The fourth-order valence-electron chi connectivity index (χ4n) is 3.76. The van der Waals surface area contributed by atoms with E-state index in [9.17, 15) is 26.3 Å². The first kappa shape index (κ1) is 32.8. The average Bonchev–Trinajstić information content (AvgIpc) is 3.46. The van der Waals surface area contributed by atoms with Crippen LogP contribution in [0.2, 0.25) is 0 Å². The number of alkyl halides is 6. The molecule has 11 nitrogen and oxygen atoms in total. The lowest BCUT2D eigenvalue weighted by Crippen LogP contribution is -2.43. The van der Waals surface area contributed by atoms with E-state index in [0.29, 0.717) is 12.5 Å². The van der Waals surface area contributed by atoms with Crippen molar-refractivity contribution >= 4 is 17.8 Å². The topological polar surface area (TPSA) is 147 Å². The second kappa shape index (κ2) is 14.3. The molecule has 0 aromatic carbocycles. The van der Waals surface area contributed by atoms with Crippen LogP contribution in [-0.2, 0) is 25.6 Å². The Balaban J connectivity index is 0.000000333. The Hall–Kier alpha value is -3.44. The highest BCUT2D eigenvalue weighted by Crippen LogP contribution is 2.33. The number of nitrogens with one attached hydrogen (secondary N) is 1. The monoisotopic (exact) mass is 586 g/mol. The lowest BCUT2D eigenvalue weighted by molar-refractivity contribution is -0.193. The summed E-state index contributed by atoms with van der Waals surface area (Å²) >= 11 is 0. The van der Waals surface area contributed by atoms with E-state index < -0.39 is 24.3 Å². The largest absolute Gasteiger partial charge is 0.490 e. The standard InChI is InChI=1S/C19H26N4O3.2C2HF3O2/c1-15-4-5-18(22-21-15)20-10-16-9-19(26-12-16)13-23(6-8-24-14-19)11-17-3-2-7-25-17;2*3-2(4,5)1(6)7/h2-5,7,16H,6,8-14H2,1H3,(H,20,22);2*(H,6,7). The van der Waals surface area contributed by atoms with Crippen molar-refractivity contribution in [3.63, 3.8) is 0 Å². The van der Waals surface area contributed by atoms with Crippen LogP contribution in [0.5, 0.6) is 0 Å². The highest BCUT2D eigenvalue weighted by molar-refractivity contribution is 5.73. The van der Waals surface area contributed by atoms with Crippen LogP contribution in [-0.4, -0.2) is 94.7 Å². The Morgan fingerprint density at radius 3 is 2.27 bits per heavy atom. The van der Waals surface area contributed by atoms with Crippen molar-refractivity contribution in [1.82, 2.24) is 15.1 Å². The van der Waals surface area contributed by atoms with E-state index in [2.05, 4.69) is 20.4 Å². The molecule has 2 aliphatic rings. The van der Waals surface area contributed by atoms with Gasteiger partial charge in [-0.15, -0.1) is 5.10 Å². The number of ether oxygens (including phenoxy) is 2. The molecule has 2 aliphatic heterocycles. The molecule has 0 bridgehead atoms. The number of nitrogens with zero attached hydrogens (tertiary/aromatic N) is 3. The van der Waals surface area contributed by atoms with Crippen LogP contribution in [0.4, 0.5) is 32.2 Å². The third kappa shape index (κ3) is 11.4. The maximum atomic E-state index is 10.6. The van der Waals surface area contributed by atoms with Crippen LogP contribution in [0.3, 0.4) is 0 Å². The van der Waals surface area contributed by atoms with Gasteiger partial charge in [0.25, 0.3) is 0 Å². The van der Waals surface area contributed by atoms with Gasteiger partial charge in [-0.25, -0.2) is 9.59 Å². The van der Waals surface area contributed by atoms with Gasteiger partial charge in [-0.3, -0.25) is 4.90 Å². The predicted octanol–water partition coefficient (Wildman–Crippen LogP) is 3.36. The van der Waals surface area contributed by atoms with Gasteiger partial charge >= 0.3 is 24.3 Å². The zero-order valence-electron chi connectivity index (χ0n) is 21.2. The Bertz CT molecular complexity index is 1040. The first-order chi connectivity index (χ1) is 18.6. The lowest BCUT2D eigenvalue weighted by Gasteiger charge is -2.30. The van der Waals surface area contributed by atoms with E-state index in [-0.39, 0.29) is 5.60 Å². The van der Waals surface area contributed by atoms with E-state index in [0.717, 1.165) is 63.1 Å². The first-order valence-electron chi connectivity index (χ1n) is 11.7. The molecule has 4 heterocycles. The van der Waals surface area contributed by atoms with Crippen molar-refractivity contribution in [2.75, 3.05) is 44.8 Å². The van der Waals surface area contributed by atoms with Crippen molar-refractivity contribution in [3.8, 4) is 0 Å². The fraction of sp³-hybridized carbons (Fsp3) is 0.565. The van der Waals surface area contributed by atoms with Gasteiger partial charge in [0.1, 0.15) is 17.2 Å². The molecule has 17 heteroatoms. The van der Waals surface area contributed by atoms with Crippen molar-refractivity contribution in [2.24, 2.45) is 5.92 Å². The summed E-state index contributed by atoms with van der Waals surface area (Å²) in [6, 6.07) is 7.88. The molecule has 3 N–H and O–H groups in total. The van der Waals surface area contributed by atoms with Crippen molar-refractivity contribution in [3.05, 3.63) is 42.0 Å². The predicted molar refractivity (Wildman–Crippen MR) is 124 cm³/mol. The number of aryl methyl sites for hydroxylation is 1.